The maximum absolute atomic E-state index is 13.0. The molecule has 0 spiro atoms. The van der Waals surface area contributed by atoms with Crippen molar-refractivity contribution in [1.29, 1.82) is 0 Å². The number of H-pyrrole nitrogens is 2. The van der Waals surface area contributed by atoms with E-state index >= 15 is 0 Å². The van der Waals surface area contributed by atoms with Gasteiger partial charge in [0.25, 0.3) is 0 Å². The fraction of sp³-hybridized carbons (Fsp3) is 0.0667. The Bertz CT molecular complexity index is 1210. The summed E-state index contributed by atoms with van der Waals surface area (Å²) >= 11 is 9.03. The molecular formula is C15H11Cl2F2N6NaO5. The zero-order valence-corrected chi connectivity index (χ0v) is 18.2. The molecule has 0 saturated heterocycles. The Morgan fingerprint density at radius 3 is 2.06 bits per heavy atom. The molecule has 2 aromatic heterocycles. The van der Waals surface area contributed by atoms with E-state index < -0.39 is 32.9 Å². The quantitative estimate of drug-likeness (QED) is 0.242. The number of nitrogens with one attached hydrogen (secondary N) is 2. The van der Waals surface area contributed by atoms with Crippen molar-refractivity contribution in [3.05, 3.63) is 67.5 Å². The summed E-state index contributed by atoms with van der Waals surface area (Å²) in [5.41, 5.74) is -0.434. The standard InChI is InChI=1S/C7H3ClFN3O2.C7H4FN3O2.CH4.ClO.Na/c8-7-3-1-6(12(13)14)4(9)2-5(3)10-11-7;8-5-2-6-4(3-9-10-6)1-7(5)11(12)13;;1-2;/h1-2H,(H,10,11);1-3H,(H,9,10);1H4;;/q;;;-1;+1. The van der Waals surface area contributed by atoms with Gasteiger partial charge in [0.05, 0.1) is 27.1 Å². The van der Waals surface area contributed by atoms with Gasteiger partial charge in [-0.1, -0.05) is 19.0 Å². The predicted molar refractivity (Wildman–Crippen MR) is 103 cm³/mol. The zero-order valence-electron chi connectivity index (χ0n) is 14.7. The van der Waals surface area contributed by atoms with Crippen molar-refractivity contribution in [2.75, 3.05) is 0 Å². The van der Waals surface area contributed by atoms with Crippen LogP contribution in [0.5, 0.6) is 0 Å². The molecule has 0 atom stereocenters. The molecule has 2 heterocycles. The number of nitrogens with zero attached hydrogens (tertiary/aromatic N) is 4. The second-order valence-corrected chi connectivity index (χ2v) is 5.51. The van der Waals surface area contributed by atoms with Gasteiger partial charge in [0, 0.05) is 35.0 Å². The largest absolute Gasteiger partial charge is 1.00 e. The molecule has 4 aromatic rings. The van der Waals surface area contributed by atoms with Crippen LogP contribution in [0.25, 0.3) is 21.8 Å². The maximum Gasteiger partial charge on any atom is 1.00 e. The topological polar surface area (TPSA) is 167 Å². The molecule has 160 valence electrons. The summed E-state index contributed by atoms with van der Waals surface area (Å²) in [5.74, 6) is -1.78. The number of rotatable bonds is 2. The van der Waals surface area contributed by atoms with Crippen molar-refractivity contribution < 1.29 is 52.8 Å². The molecule has 0 aliphatic heterocycles. The van der Waals surface area contributed by atoms with Crippen molar-refractivity contribution in [1.82, 2.24) is 20.4 Å². The van der Waals surface area contributed by atoms with Crippen LogP contribution in [0.2, 0.25) is 5.15 Å². The summed E-state index contributed by atoms with van der Waals surface area (Å²) in [7, 11) is 0. The normalized spacial score (nSPS) is 9.45. The minimum Gasteiger partial charge on any atom is -0.769 e. The third-order valence-corrected chi connectivity index (χ3v) is 3.77. The van der Waals surface area contributed by atoms with Gasteiger partial charge in [-0.05, 0) is 0 Å². The first-order valence-corrected chi connectivity index (χ1v) is 7.86. The molecule has 0 bridgehead atoms. The van der Waals surface area contributed by atoms with E-state index in [1.807, 2.05) is 0 Å². The molecule has 4 rings (SSSR count). The van der Waals surface area contributed by atoms with Gasteiger partial charge in [-0.2, -0.15) is 19.0 Å². The molecule has 2 aromatic carbocycles. The van der Waals surface area contributed by atoms with Crippen LogP contribution in [-0.4, -0.2) is 30.2 Å². The number of nitro benzene ring substituents is 2. The molecule has 2 N–H and O–H groups in total. The first-order chi connectivity index (χ1) is 13.8. The van der Waals surface area contributed by atoms with E-state index in [0.29, 0.717) is 16.3 Å². The van der Waals surface area contributed by atoms with E-state index in [4.69, 9.17) is 16.3 Å². The third kappa shape index (κ3) is 6.53. The zero-order chi connectivity index (χ0) is 21.7. The average molecular weight is 487 g/mol. The van der Waals surface area contributed by atoms with Crippen molar-refractivity contribution in [3.8, 4) is 0 Å². The van der Waals surface area contributed by atoms with Crippen LogP contribution >= 0.6 is 23.5 Å². The fourth-order valence-corrected chi connectivity index (χ4v) is 2.42. The minimum absolute atomic E-state index is 0. The van der Waals surface area contributed by atoms with E-state index in [-0.39, 0.29) is 47.7 Å². The van der Waals surface area contributed by atoms with Gasteiger partial charge in [0.2, 0.25) is 11.6 Å². The van der Waals surface area contributed by atoms with Crippen LogP contribution in [-0.2, 0) is 0 Å². The molecule has 0 saturated carbocycles. The van der Waals surface area contributed by atoms with Gasteiger partial charge in [-0.25, -0.2) is 11.9 Å². The number of hydrogen-bond donors (Lipinski definition) is 2. The third-order valence-electron chi connectivity index (χ3n) is 3.48. The van der Waals surface area contributed by atoms with E-state index in [1.54, 1.807) is 0 Å². The average Bonchev–Trinajstić information content (AvgIpc) is 3.28. The van der Waals surface area contributed by atoms with Gasteiger partial charge in [-0.15, -0.1) is 0 Å². The van der Waals surface area contributed by atoms with Crippen LogP contribution in [0, 0.1) is 31.9 Å². The van der Waals surface area contributed by atoms with Crippen molar-refractivity contribution in [2.24, 2.45) is 0 Å². The first-order valence-electron chi connectivity index (χ1n) is 7.18. The number of fused-ring (bicyclic) bond motifs is 2. The van der Waals surface area contributed by atoms with Gasteiger partial charge >= 0.3 is 40.9 Å². The maximum atomic E-state index is 13.0. The van der Waals surface area contributed by atoms with Gasteiger partial charge in [0.1, 0.15) is 5.15 Å². The SMILES string of the molecule is C.O=[N+]([O-])c1cc2c(Cl)[nH]nc2cc1F.O=[N+]([O-])c1cc2cn[nH]c2cc1F.[Na+].[O-]Cl. The summed E-state index contributed by atoms with van der Waals surface area (Å²) in [5, 5.41) is 33.9. The van der Waals surface area contributed by atoms with Crippen LogP contribution < -0.4 is 34.2 Å². The Balaban J connectivity index is 0.000000508. The summed E-state index contributed by atoms with van der Waals surface area (Å²) in [4.78, 5) is 19.1. The predicted octanol–water partition coefficient (Wildman–Crippen LogP) is 1.01. The number of benzene rings is 2. The van der Waals surface area contributed by atoms with E-state index in [1.165, 1.54) is 6.20 Å². The summed E-state index contributed by atoms with van der Waals surface area (Å²) in [6.07, 6.45) is 1.40. The smallest absolute Gasteiger partial charge is 0.769 e. The molecule has 16 heteroatoms. The number of nitro groups is 2. The second-order valence-electron chi connectivity index (χ2n) is 5.13. The second kappa shape index (κ2) is 12.4. The monoisotopic (exact) mass is 486 g/mol. The molecule has 0 aliphatic carbocycles. The van der Waals surface area contributed by atoms with Crippen molar-refractivity contribution in [3.63, 3.8) is 0 Å². The van der Waals surface area contributed by atoms with E-state index in [2.05, 4.69) is 32.3 Å². The number of hydrogen-bond acceptors (Lipinski definition) is 7. The Hall–Kier alpha value is -2.42. The Kier molecular flexibility index (Phi) is 11.5. The fourth-order valence-electron chi connectivity index (χ4n) is 2.22. The Morgan fingerprint density at radius 2 is 1.48 bits per heavy atom. The molecule has 0 fully saturated rings. The van der Waals surface area contributed by atoms with E-state index in [9.17, 15) is 29.0 Å². The van der Waals surface area contributed by atoms with E-state index in [0.717, 1.165) is 24.3 Å². The molecular weight excluding hydrogens is 476 g/mol. The van der Waals surface area contributed by atoms with Gasteiger partial charge in [-0.3, -0.25) is 30.4 Å². The summed E-state index contributed by atoms with van der Waals surface area (Å²) in [6.45, 7) is 0. The first kappa shape index (κ1) is 28.6. The summed E-state index contributed by atoms with van der Waals surface area (Å²) in [6, 6.07) is 4.22. The number of halogens is 4. The van der Waals surface area contributed by atoms with Crippen molar-refractivity contribution >= 4 is 56.6 Å². The van der Waals surface area contributed by atoms with Crippen LogP contribution in [0.1, 0.15) is 7.43 Å². The summed E-state index contributed by atoms with van der Waals surface area (Å²) < 4.78 is 33.7. The minimum atomic E-state index is -0.925. The molecule has 31 heavy (non-hydrogen) atoms. The van der Waals surface area contributed by atoms with Crippen molar-refractivity contribution in [2.45, 2.75) is 7.43 Å². The van der Waals surface area contributed by atoms with Crippen LogP contribution in [0.3, 0.4) is 0 Å². The molecule has 0 aliphatic rings. The molecule has 0 radical (unpaired) electrons. The molecule has 11 nitrogen and oxygen atoms in total. The van der Waals surface area contributed by atoms with Gasteiger partial charge < -0.3 is 4.66 Å². The number of aromatic amines is 2. The van der Waals surface area contributed by atoms with Gasteiger partial charge in [0.15, 0.2) is 0 Å². The van der Waals surface area contributed by atoms with Crippen LogP contribution in [0.4, 0.5) is 20.2 Å². The number of aromatic nitrogens is 4. The van der Waals surface area contributed by atoms with Crippen LogP contribution in [0.15, 0.2) is 30.5 Å². The Morgan fingerprint density at radius 1 is 0.935 bits per heavy atom. The molecule has 0 amide bonds. The molecule has 0 unspecified atom stereocenters. The Labute approximate surface area is 204 Å².